The van der Waals surface area contributed by atoms with Gasteiger partial charge in [0, 0.05) is 11.4 Å². The lowest BCUT2D eigenvalue weighted by molar-refractivity contribution is 0.168. The van der Waals surface area contributed by atoms with Crippen LogP contribution in [0.1, 0.15) is 52.5 Å². The molecule has 1 aliphatic carbocycles. The summed E-state index contributed by atoms with van der Waals surface area (Å²) in [6.45, 7) is 9.22. The number of benzene rings is 1. The molecule has 2 rings (SSSR count). The van der Waals surface area contributed by atoms with E-state index in [1.54, 1.807) is 0 Å². The van der Waals surface area contributed by atoms with Crippen LogP contribution in [0, 0.1) is 5.92 Å². The molecule has 1 aliphatic rings. The molecule has 3 heteroatoms. The summed E-state index contributed by atoms with van der Waals surface area (Å²) < 4.78 is 14.9. The van der Waals surface area contributed by atoms with Gasteiger partial charge in [0.25, 0.3) is 0 Å². The van der Waals surface area contributed by atoms with Crippen molar-refractivity contribution >= 4 is 11.4 Å². The normalized spacial score (nSPS) is 19.7. The topological polar surface area (TPSA) is 26.3 Å². The van der Waals surface area contributed by atoms with Gasteiger partial charge in [-0.3, -0.25) is 0 Å². The fourth-order valence-corrected chi connectivity index (χ4v) is 4.07. The van der Waals surface area contributed by atoms with Gasteiger partial charge in [0.1, 0.15) is 4.75 Å². The fraction of sp³-hybridized carbons (Fsp3) is 0.647. The van der Waals surface area contributed by atoms with E-state index in [0.717, 1.165) is 6.54 Å². The second kappa shape index (κ2) is 6.50. The van der Waals surface area contributed by atoms with E-state index < -0.39 is 11.4 Å². The molecule has 112 valence electrons. The first-order chi connectivity index (χ1) is 9.39. The molecule has 0 aliphatic heterocycles. The maximum atomic E-state index is 12.9. The third kappa shape index (κ3) is 3.78. The molecule has 1 saturated carbocycles. The Morgan fingerprint density at radius 3 is 2.30 bits per heavy atom. The van der Waals surface area contributed by atoms with Crippen LogP contribution >= 0.6 is 0 Å². The van der Waals surface area contributed by atoms with Crippen LogP contribution in [0.25, 0.3) is 0 Å². The first-order valence-electron chi connectivity index (χ1n) is 7.62. The molecule has 0 amide bonds. The standard InChI is InChI=1S/C17H27NOS/c1-14(16-11-8-12-16)18(20(19)17(2,3)4)13-15-9-6-5-7-10-15/h5-7,9-10,14,16H,8,11-13H2,1-4H3/t14-,20?/m0/s1. The van der Waals surface area contributed by atoms with E-state index in [-0.39, 0.29) is 4.75 Å². The van der Waals surface area contributed by atoms with Gasteiger partial charge in [0.05, 0.1) is 12.6 Å². The van der Waals surface area contributed by atoms with Crippen molar-refractivity contribution in [3.63, 3.8) is 0 Å². The predicted molar refractivity (Wildman–Crippen MR) is 86.7 cm³/mol. The van der Waals surface area contributed by atoms with Crippen molar-refractivity contribution in [2.45, 2.75) is 64.3 Å². The minimum atomic E-state index is -0.961. The molecule has 0 radical (unpaired) electrons. The Labute approximate surface area is 126 Å². The highest BCUT2D eigenvalue weighted by atomic mass is 32.2. The average Bonchev–Trinajstić information content (AvgIpc) is 2.33. The zero-order valence-electron chi connectivity index (χ0n) is 13.1. The lowest BCUT2D eigenvalue weighted by atomic mass is 9.80. The van der Waals surface area contributed by atoms with Gasteiger partial charge in [-0.05, 0) is 52.0 Å². The molecule has 1 aromatic carbocycles. The smallest absolute Gasteiger partial charge is 0.137 e. The third-order valence-electron chi connectivity index (χ3n) is 4.20. The van der Waals surface area contributed by atoms with Gasteiger partial charge >= 0.3 is 0 Å². The Morgan fingerprint density at radius 1 is 1.25 bits per heavy atom. The molecule has 1 fully saturated rings. The molecule has 0 N–H and O–H groups in total. The van der Waals surface area contributed by atoms with Crippen molar-refractivity contribution in [2.75, 3.05) is 0 Å². The molecule has 0 aromatic heterocycles. The molecule has 2 atom stereocenters. The Balaban J connectivity index is 2.14. The molecule has 2 nitrogen and oxygen atoms in total. The summed E-state index contributed by atoms with van der Waals surface area (Å²) in [5.41, 5.74) is 1.25. The number of hydrogen-bond donors (Lipinski definition) is 0. The van der Waals surface area contributed by atoms with Crippen LogP contribution in [0.5, 0.6) is 0 Å². The van der Waals surface area contributed by atoms with Crippen molar-refractivity contribution in [1.82, 2.24) is 4.31 Å². The summed E-state index contributed by atoms with van der Waals surface area (Å²) in [5, 5.41) is 0. The monoisotopic (exact) mass is 293 g/mol. The van der Waals surface area contributed by atoms with Gasteiger partial charge in [0.2, 0.25) is 0 Å². The van der Waals surface area contributed by atoms with Crippen molar-refractivity contribution < 1.29 is 4.55 Å². The van der Waals surface area contributed by atoms with Crippen LogP contribution in [0.3, 0.4) is 0 Å². The third-order valence-corrected chi connectivity index (χ3v) is 6.14. The van der Waals surface area contributed by atoms with Crippen LogP contribution < -0.4 is 0 Å². The fourth-order valence-electron chi connectivity index (χ4n) is 2.63. The van der Waals surface area contributed by atoms with E-state index in [4.69, 9.17) is 0 Å². The highest BCUT2D eigenvalue weighted by Gasteiger charge is 2.40. The molecule has 0 bridgehead atoms. The van der Waals surface area contributed by atoms with E-state index in [9.17, 15) is 4.55 Å². The lowest BCUT2D eigenvalue weighted by Gasteiger charge is -2.41. The zero-order valence-corrected chi connectivity index (χ0v) is 14.0. The van der Waals surface area contributed by atoms with Crippen molar-refractivity contribution in [1.29, 1.82) is 0 Å². The first kappa shape index (κ1) is 15.9. The Morgan fingerprint density at radius 2 is 1.85 bits per heavy atom. The summed E-state index contributed by atoms with van der Waals surface area (Å²) in [4.78, 5) is 0. The van der Waals surface area contributed by atoms with Gasteiger partial charge in [0.15, 0.2) is 0 Å². The summed E-state index contributed by atoms with van der Waals surface area (Å²) in [7, 11) is 0. The molecule has 0 heterocycles. The van der Waals surface area contributed by atoms with Crippen molar-refractivity contribution in [3.8, 4) is 0 Å². The molecule has 1 aromatic rings. The van der Waals surface area contributed by atoms with E-state index in [1.165, 1.54) is 24.8 Å². The Hall–Kier alpha value is -0.510. The van der Waals surface area contributed by atoms with E-state index >= 15 is 0 Å². The molecule has 0 spiro atoms. The zero-order chi connectivity index (χ0) is 14.8. The summed E-state index contributed by atoms with van der Waals surface area (Å²) >= 11 is -0.961. The molecule has 0 saturated heterocycles. The molecular formula is C17H27NOS. The SMILES string of the molecule is C[C@@H](C1CCC1)N(Cc1ccccc1)[S+]([O-])C(C)(C)C. The second-order valence-electron chi connectivity index (χ2n) is 6.85. The van der Waals surface area contributed by atoms with Crippen molar-refractivity contribution in [3.05, 3.63) is 35.9 Å². The second-order valence-corrected chi connectivity index (χ2v) is 9.05. The van der Waals surface area contributed by atoms with Crippen LogP contribution in [-0.4, -0.2) is 19.6 Å². The highest BCUT2D eigenvalue weighted by Crippen LogP contribution is 2.35. The lowest BCUT2D eigenvalue weighted by Crippen LogP contribution is -2.50. The van der Waals surface area contributed by atoms with Crippen LogP contribution in [0.2, 0.25) is 0 Å². The largest absolute Gasteiger partial charge is 0.597 e. The van der Waals surface area contributed by atoms with Gasteiger partial charge in [-0.1, -0.05) is 36.8 Å². The first-order valence-corrected chi connectivity index (χ1v) is 8.73. The summed E-state index contributed by atoms with van der Waals surface area (Å²) in [5.74, 6) is 0.713. The highest BCUT2D eigenvalue weighted by molar-refractivity contribution is 7.90. The molecule has 20 heavy (non-hydrogen) atoms. The van der Waals surface area contributed by atoms with Crippen molar-refractivity contribution in [2.24, 2.45) is 5.92 Å². The summed E-state index contributed by atoms with van der Waals surface area (Å²) in [6.07, 6.45) is 3.90. The minimum absolute atomic E-state index is 0.202. The van der Waals surface area contributed by atoms with Crippen LogP contribution in [0.4, 0.5) is 0 Å². The van der Waals surface area contributed by atoms with Crippen LogP contribution in [0.15, 0.2) is 30.3 Å². The van der Waals surface area contributed by atoms with E-state index in [2.05, 4.69) is 56.3 Å². The van der Waals surface area contributed by atoms with Crippen LogP contribution in [-0.2, 0) is 17.9 Å². The van der Waals surface area contributed by atoms with E-state index in [0.29, 0.717) is 12.0 Å². The van der Waals surface area contributed by atoms with Gasteiger partial charge in [-0.25, -0.2) is 0 Å². The maximum absolute atomic E-state index is 12.9. The average molecular weight is 293 g/mol. The van der Waals surface area contributed by atoms with E-state index in [1.807, 2.05) is 6.07 Å². The maximum Gasteiger partial charge on any atom is 0.137 e. The van der Waals surface area contributed by atoms with Gasteiger partial charge in [-0.15, -0.1) is 4.31 Å². The number of rotatable bonds is 5. The minimum Gasteiger partial charge on any atom is -0.597 e. The Bertz CT molecular complexity index is 411. The van der Waals surface area contributed by atoms with Gasteiger partial charge in [-0.2, -0.15) is 0 Å². The molecular weight excluding hydrogens is 266 g/mol. The van der Waals surface area contributed by atoms with Gasteiger partial charge < -0.3 is 4.55 Å². The quantitative estimate of drug-likeness (QED) is 0.763. The number of hydrogen-bond acceptors (Lipinski definition) is 2. The summed E-state index contributed by atoms with van der Waals surface area (Å²) in [6, 6.07) is 10.8. The molecule has 1 unspecified atom stereocenters. The predicted octanol–water partition coefficient (Wildman–Crippen LogP) is 4.14. The Kier molecular flexibility index (Phi) is 5.16. The number of nitrogens with zero attached hydrogens (tertiary/aromatic N) is 1.